The number of carbonyl (C=O) groups excluding carboxylic acids is 2. The van der Waals surface area contributed by atoms with Gasteiger partial charge in [0.2, 0.25) is 11.8 Å². The molecular formula is C20H26F3N3O2. The molecular weight excluding hydrogens is 371 g/mol. The van der Waals surface area contributed by atoms with Gasteiger partial charge >= 0.3 is 6.18 Å². The van der Waals surface area contributed by atoms with Gasteiger partial charge in [-0.05, 0) is 56.0 Å². The molecule has 2 unspecified atom stereocenters. The fourth-order valence-corrected chi connectivity index (χ4v) is 3.85. The molecule has 2 aliphatic rings. The van der Waals surface area contributed by atoms with Crippen LogP contribution in [-0.2, 0) is 15.8 Å². The van der Waals surface area contributed by atoms with Crippen LogP contribution in [0.4, 0.5) is 13.2 Å². The summed E-state index contributed by atoms with van der Waals surface area (Å²) in [5.74, 6) is 0.238. The number of halogens is 3. The lowest BCUT2D eigenvalue weighted by Gasteiger charge is -2.26. The maximum absolute atomic E-state index is 13.1. The van der Waals surface area contributed by atoms with Crippen molar-refractivity contribution in [1.29, 1.82) is 0 Å². The van der Waals surface area contributed by atoms with Crippen molar-refractivity contribution in [3.8, 4) is 0 Å². The summed E-state index contributed by atoms with van der Waals surface area (Å²) >= 11 is 0. The van der Waals surface area contributed by atoms with Crippen molar-refractivity contribution in [2.75, 3.05) is 26.2 Å². The molecule has 28 heavy (non-hydrogen) atoms. The standard InChI is InChI=1S/C20H26F3N3O2/c21-20(22,23)16-4-1-3-15(11-16)17(13-26-10-2-5-19(26)28)25-18(27)7-6-14-8-9-24-12-14/h1,3-4,11,14,17,24H,2,5-10,12-13H2,(H,25,27). The van der Waals surface area contributed by atoms with E-state index in [0.717, 1.165) is 44.5 Å². The quantitative estimate of drug-likeness (QED) is 0.744. The van der Waals surface area contributed by atoms with Crippen molar-refractivity contribution in [2.24, 2.45) is 5.92 Å². The van der Waals surface area contributed by atoms with Crippen LogP contribution in [0.1, 0.15) is 49.3 Å². The maximum atomic E-state index is 13.1. The van der Waals surface area contributed by atoms with Crippen LogP contribution in [-0.4, -0.2) is 42.9 Å². The zero-order valence-electron chi connectivity index (χ0n) is 15.7. The summed E-state index contributed by atoms with van der Waals surface area (Å²) in [5, 5.41) is 6.12. The van der Waals surface area contributed by atoms with E-state index in [4.69, 9.17) is 0 Å². The van der Waals surface area contributed by atoms with Crippen LogP contribution < -0.4 is 10.6 Å². The fraction of sp³-hybridized carbons (Fsp3) is 0.600. The highest BCUT2D eigenvalue weighted by molar-refractivity contribution is 5.79. The Morgan fingerprint density at radius 1 is 1.36 bits per heavy atom. The molecule has 8 heteroatoms. The summed E-state index contributed by atoms with van der Waals surface area (Å²) in [6, 6.07) is 4.33. The Hall–Kier alpha value is -2.09. The smallest absolute Gasteiger partial charge is 0.348 e. The van der Waals surface area contributed by atoms with Crippen molar-refractivity contribution in [3.05, 3.63) is 35.4 Å². The molecule has 0 spiro atoms. The molecule has 2 atom stereocenters. The average molecular weight is 397 g/mol. The lowest BCUT2D eigenvalue weighted by molar-refractivity contribution is -0.137. The lowest BCUT2D eigenvalue weighted by atomic mass is 10.0. The number of hydrogen-bond donors (Lipinski definition) is 2. The molecule has 1 aromatic carbocycles. The van der Waals surface area contributed by atoms with Gasteiger partial charge in [-0.1, -0.05) is 12.1 Å². The van der Waals surface area contributed by atoms with Crippen LogP contribution in [0.15, 0.2) is 24.3 Å². The first kappa shape index (κ1) is 20.6. The van der Waals surface area contributed by atoms with E-state index in [9.17, 15) is 22.8 Å². The predicted octanol–water partition coefficient (Wildman–Crippen LogP) is 2.87. The summed E-state index contributed by atoms with van der Waals surface area (Å²) in [7, 11) is 0. The topological polar surface area (TPSA) is 61.4 Å². The highest BCUT2D eigenvalue weighted by atomic mass is 19.4. The first-order valence-corrected chi connectivity index (χ1v) is 9.78. The highest BCUT2D eigenvalue weighted by Crippen LogP contribution is 2.31. The zero-order valence-corrected chi connectivity index (χ0v) is 15.7. The van der Waals surface area contributed by atoms with Gasteiger partial charge in [0.05, 0.1) is 11.6 Å². The van der Waals surface area contributed by atoms with E-state index >= 15 is 0 Å². The van der Waals surface area contributed by atoms with Crippen molar-refractivity contribution < 1.29 is 22.8 Å². The molecule has 154 valence electrons. The van der Waals surface area contributed by atoms with Crippen LogP contribution in [0.2, 0.25) is 0 Å². The minimum absolute atomic E-state index is 0.0248. The minimum atomic E-state index is -4.45. The number of hydrogen-bond acceptors (Lipinski definition) is 3. The van der Waals surface area contributed by atoms with E-state index in [2.05, 4.69) is 10.6 Å². The summed E-state index contributed by atoms with van der Waals surface area (Å²) in [5.41, 5.74) is -0.389. The molecule has 2 N–H and O–H groups in total. The van der Waals surface area contributed by atoms with E-state index in [1.807, 2.05) is 0 Å². The van der Waals surface area contributed by atoms with Gasteiger partial charge in [-0.2, -0.15) is 13.2 Å². The second-order valence-electron chi connectivity index (χ2n) is 7.58. The zero-order chi connectivity index (χ0) is 20.1. The van der Waals surface area contributed by atoms with Gasteiger partial charge in [-0.15, -0.1) is 0 Å². The third-order valence-electron chi connectivity index (χ3n) is 5.47. The lowest BCUT2D eigenvalue weighted by Crippen LogP contribution is -2.38. The first-order chi connectivity index (χ1) is 13.3. The second kappa shape index (κ2) is 8.94. The van der Waals surface area contributed by atoms with Crippen LogP contribution >= 0.6 is 0 Å². The number of likely N-dealkylation sites (tertiary alicyclic amines) is 1. The molecule has 2 aliphatic heterocycles. The normalized spacial score (nSPS) is 21.2. The van der Waals surface area contributed by atoms with Crippen LogP contribution in [0.25, 0.3) is 0 Å². The van der Waals surface area contributed by atoms with Crippen LogP contribution in [0, 0.1) is 5.92 Å². The number of alkyl halides is 3. The van der Waals surface area contributed by atoms with Gasteiger partial charge in [0.1, 0.15) is 0 Å². The SMILES string of the molecule is O=C(CCC1CCNC1)NC(CN1CCCC1=O)c1cccc(C(F)(F)F)c1. The maximum Gasteiger partial charge on any atom is 0.416 e. The molecule has 0 radical (unpaired) electrons. The Morgan fingerprint density at radius 2 is 2.18 bits per heavy atom. The molecule has 5 nitrogen and oxygen atoms in total. The van der Waals surface area contributed by atoms with E-state index < -0.39 is 17.8 Å². The van der Waals surface area contributed by atoms with Crippen LogP contribution in [0.5, 0.6) is 0 Å². The molecule has 2 saturated heterocycles. The largest absolute Gasteiger partial charge is 0.416 e. The Morgan fingerprint density at radius 3 is 2.82 bits per heavy atom. The number of nitrogens with one attached hydrogen (secondary N) is 2. The van der Waals surface area contributed by atoms with E-state index in [0.29, 0.717) is 30.9 Å². The van der Waals surface area contributed by atoms with E-state index in [1.54, 1.807) is 11.0 Å². The highest BCUT2D eigenvalue weighted by Gasteiger charge is 2.32. The number of carbonyl (C=O) groups is 2. The van der Waals surface area contributed by atoms with Gasteiger partial charge in [0.25, 0.3) is 0 Å². The Kier molecular flexibility index (Phi) is 6.59. The van der Waals surface area contributed by atoms with Crippen molar-refractivity contribution in [1.82, 2.24) is 15.5 Å². The summed E-state index contributed by atoms with van der Waals surface area (Å²) in [6.45, 7) is 2.61. The second-order valence-corrected chi connectivity index (χ2v) is 7.58. The van der Waals surface area contributed by atoms with Gasteiger partial charge in [0.15, 0.2) is 0 Å². The summed E-state index contributed by atoms with van der Waals surface area (Å²) in [6.07, 6.45) is -1.17. The summed E-state index contributed by atoms with van der Waals surface area (Å²) < 4.78 is 39.3. The minimum Gasteiger partial charge on any atom is -0.348 e. The van der Waals surface area contributed by atoms with Gasteiger partial charge in [-0.25, -0.2) is 0 Å². The van der Waals surface area contributed by atoms with Gasteiger partial charge < -0.3 is 15.5 Å². The molecule has 0 saturated carbocycles. The number of nitrogens with zero attached hydrogens (tertiary/aromatic N) is 1. The molecule has 1 aromatic rings. The van der Waals surface area contributed by atoms with E-state index in [1.165, 1.54) is 6.07 Å². The van der Waals surface area contributed by atoms with Gasteiger partial charge in [0, 0.05) is 25.9 Å². The average Bonchev–Trinajstić information content (AvgIpc) is 3.31. The molecule has 3 rings (SSSR count). The van der Waals surface area contributed by atoms with Crippen molar-refractivity contribution in [3.63, 3.8) is 0 Å². The Balaban J connectivity index is 1.71. The number of amides is 2. The molecule has 2 heterocycles. The fourth-order valence-electron chi connectivity index (χ4n) is 3.85. The van der Waals surface area contributed by atoms with Crippen LogP contribution in [0.3, 0.4) is 0 Å². The number of benzene rings is 1. The van der Waals surface area contributed by atoms with Gasteiger partial charge in [-0.3, -0.25) is 9.59 Å². The van der Waals surface area contributed by atoms with Crippen molar-refractivity contribution >= 4 is 11.8 Å². The Bertz CT molecular complexity index is 702. The van der Waals surface area contributed by atoms with E-state index in [-0.39, 0.29) is 18.4 Å². The molecule has 0 bridgehead atoms. The molecule has 0 aliphatic carbocycles. The monoisotopic (exact) mass is 397 g/mol. The summed E-state index contributed by atoms with van der Waals surface area (Å²) in [4.78, 5) is 26.1. The predicted molar refractivity (Wildman–Crippen MR) is 98.4 cm³/mol. The third kappa shape index (κ3) is 5.47. The van der Waals surface area contributed by atoms with Crippen molar-refractivity contribution in [2.45, 2.75) is 44.3 Å². The first-order valence-electron chi connectivity index (χ1n) is 9.78. The number of rotatable bonds is 7. The Labute approximate surface area is 162 Å². The molecule has 2 amide bonds. The molecule has 0 aromatic heterocycles. The third-order valence-corrected chi connectivity index (χ3v) is 5.47. The molecule has 2 fully saturated rings.